The Balaban J connectivity index is 1.73. The molecule has 2 aromatic heterocycles. The predicted molar refractivity (Wildman–Crippen MR) is 123 cm³/mol. The van der Waals surface area contributed by atoms with Gasteiger partial charge in [-0.3, -0.25) is 4.79 Å². The number of nitrogens with one attached hydrogen (secondary N) is 1. The minimum atomic E-state index is -0.780. The van der Waals surface area contributed by atoms with Crippen molar-refractivity contribution in [2.75, 3.05) is 19.0 Å². The van der Waals surface area contributed by atoms with E-state index >= 15 is 0 Å². The molecule has 162 valence electrons. The van der Waals surface area contributed by atoms with Crippen molar-refractivity contribution in [1.29, 1.82) is 0 Å². The van der Waals surface area contributed by atoms with E-state index in [0.717, 1.165) is 5.56 Å². The van der Waals surface area contributed by atoms with Crippen molar-refractivity contribution in [1.82, 2.24) is 0 Å². The van der Waals surface area contributed by atoms with Gasteiger partial charge < -0.3 is 19.2 Å². The number of thiophene rings is 1. The van der Waals surface area contributed by atoms with E-state index in [9.17, 15) is 14.4 Å². The Morgan fingerprint density at radius 3 is 2.59 bits per heavy atom. The maximum atomic E-state index is 13.0. The lowest BCUT2D eigenvalue weighted by Crippen LogP contribution is -2.21. The number of amides is 1. The third kappa shape index (κ3) is 4.13. The van der Waals surface area contributed by atoms with Gasteiger partial charge in [-0.1, -0.05) is 30.3 Å². The van der Waals surface area contributed by atoms with Crippen molar-refractivity contribution in [2.24, 2.45) is 0 Å². The summed E-state index contributed by atoms with van der Waals surface area (Å²) >= 11 is 1.18. The number of carbonyl (C=O) groups is 2. The second-order valence-corrected chi connectivity index (χ2v) is 7.63. The molecule has 8 heteroatoms. The third-order valence-corrected chi connectivity index (χ3v) is 5.66. The van der Waals surface area contributed by atoms with Gasteiger partial charge in [-0.25, -0.2) is 9.59 Å². The van der Waals surface area contributed by atoms with Crippen molar-refractivity contribution < 1.29 is 23.5 Å². The second-order valence-electron chi connectivity index (χ2n) is 6.75. The molecule has 0 radical (unpaired) electrons. The van der Waals surface area contributed by atoms with Gasteiger partial charge in [0.15, 0.2) is 0 Å². The first-order chi connectivity index (χ1) is 15.5. The predicted octanol–water partition coefficient (Wildman–Crippen LogP) is 4.96. The van der Waals surface area contributed by atoms with Gasteiger partial charge in [0, 0.05) is 16.3 Å². The highest BCUT2D eigenvalue weighted by molar-refractivity contribution is 7.15. The normalized spacial score (nSPS) is 10.7. The van der Waals surface area contributed by atoms with Gasteiger partial charge in [0.2, 0.25) is 0 Å². The van der Waals surface area contributed by atoms with Crippen molar-refractivity contribution in [3.8, 4) is 16.9 Å². The molecule has 4 rings (SSSR count). The molecule has 2 heterocycles. The van der Waals surface area contributed by atoms with Crippen molar-refractivity contribution >= 4 is 39.2 Å². The van der Waals surface area contributed by atoms with Gasteiger partial charge in [-0.05, 0) is 36.8 Å². The molecule has 0 unspecified atom stereocenters. The van der Waals surface area contributed by atoms with Crippen LogP contribution in [-0.4, -0.2) is 25.6 Å². The largest absolute Gasteiger partial charge is 0.497 e. The summed E-state index contributed by atoms with van der Waals surface area (Å²) in [6, 6.07) is 15.7. The number of esters is 1. The molecule has 0 bridgehead atoms. The van der Waals surface area contributed by atoms with Crippen LogP contribution >= 0.6 is 11.3 Å². The summed E-state index contributed by atoms with van der Waals surface area (Å²) in [5.41, 5.74) is 1.06. The van der Waals surface area contributed by atoms with Gasteiger partial charge in [0.25, 0.3) is 5.91 Å². The summed E-state index contributed by atoms with van der Waals surface area (Å²) < 4.78 is 15.7. The molecule has 0 atom stereocenters. The molecule has 1 amide bonds. The molecule has 0 aliphatic rings. The van der Waals surface area contributed by atoms with E-state index in [1.807, 2.05) is 30.3 Å². The number of ether oxygens (including phenoxy) is 2. The van der Waals surface area contributed by atoms with Crippen LogP contribution in [0.3, 0.4) is 0 Å². The molecular weight excluding hydrogens is 430 g/mol. The zero-order valence-electron chi connectivity index (χ0n) is 17.3. The summed E-state index contributed by atoms with van der Waals surface area (Å²) in [6.45, 7) is 1.89. The summed E-state index contributed by atoms with van der Waals surface area (Å²) in [4.78, 5) is 38.1. The SMILES string of the molecule is CCOC(=O)c1c(-c2ccccc2)csc1NC(=O)c1cc2cc(OC)ccc2oc1=O. The molecule has 0 fully saturated rings. The fraction of sp³-hybridized carbons (Fsp3) is 0.125. The van der Waals surface area contributed by atoms with Crippen molar-refractivity contribution in [2.45, 2.75) is 6.92 Å². The maximum Gasteiger partial charge on any atom is 0.349 e. The highest BCUT2D eigenvalue weighted by Crippen LogP contribution is 2.36. The molecule has 0 spiro atoms. The Bertz CT molecular complexity index is 1360. The number of benzene rings is 2. The molecule has 2 aromatic carbocycles. The van der Waals surface area contributed by atoms with Gasteiger partial charge in [-0.2, -0.15) is 0 Å². The van der Waals surface area contributed by atoms with Gasteiger partial charge in [-0.15, -0.1) is 11.3 Å². The van der Waals surface area contributed by atoms with E-state index in [-0.39, 0.29) is 22.7 Å². The van der Waals surface area contributed by atoms with Crippen LogP contribution in [0.15, 0.2) is 69.2 Å². The molecule has 0 saturated carbocycles. The number of carbonyl (C=O) groups excluding carboxylic acids is 2. The minimum absolute atomic E-state index is 0.185. The summed E-state index contributed by atoms with van der Waals surface area (Å²) in [7, 11) is 1.52. The maximum absolute atomic E-state index is 13.0. The number of rotatable bonds is 6. The number of methoxy groups -OCH3 is 1. The second kappa shape index (κ2) is 9.07. The van der Waals surface area contributed by atoms with Crippen LogP contribution in [0.25, 0.3) is 22.1 Å². The highest BCUT2D eigenvalue weighted by Gasteiger charge is 2.24. The van der Waals surface area contributed by atoms with E-state index in [1.54, 1.807) is 30.5 Å². The summed E-state index contributed by atoms with van der Waals surface area (Å²) in [5, 5.41) is 5.27. The van der Waals surface area contributed by atoms with Crippen LogP contribution < -0.4 is 15.7 Å². The van der Waals surface area contributed by atoms with E-state index in [1.165, 1.54) is 24.5 Å². The zero-order chi connectivity index (χ0) is 22.7. The van der Waals surface area contributed by atoms with Crippen molar-refractivity contribution in [3.05, 3.63) is 81.5 Å². The summed E-state index contributed by atoms with van der Waals surface area (Å²) in [5.74, 6) is -0.679. The molecule has 32 heavy (non-hydrogen) atoms. The molecule has 4 aromatic rings. The molecule has 0 saturated heterocycles. The van der Waals surface area contributed by atoms with Crippen molar-refractivity contribution in [3.63, 3.8) is 0 Å². The topological polar surface area (TPSA) is 94.8 Å². The first-order valence-corrected chi connectivity index (χ1v) is 10.7. The van der Waals surface area contributed by atoms with Crippen LogP contribution in [0, 0.1) is 0 Å². The van der Waals surface area contributed by atoms with Crippen LogP contribution in [0.4, 0.5) is 5.00 Å². The van der Waals surface area contributed by atoms with Crippen LogP contribution in [0.5, 0.6) is 5.75 Å². The average Bonchev–Trinajstić information content (AvgIpc) is 3.22. The zero-order valence-corrected chi connectivity index (χ0v) is 18.2. The number of anilines is 1. The fourth-order valence-corrected chi connectivity index (χ4v) is 4.20. The first-order valence-electron chi connectivity index (χ1n) is 9.79. The Morgan fingerprint density at radius 2 is 1.88 bits per heavy atom. The van der Waals surface area contributed by atoms with Crippen LogP contribution in [0.1, 0.15) is 27.6 Å². The smallest absolute Gasteiger partial charge is 0.349 e. The highest BCUT2D eigenvalue weighted by atomic mass is 32.1. The fourth-order valence-electron chi connectivity index (χ4n) is 3.24. The monoisotopic (exact) mass is 449 g/mol. The standard InChI is InChI=1S/C24H19NO6S/c1-3-30-24(28)20-18(14-7-5-4-6-8-14)13-32-22(20)25-21(26)17-12-15-11-16(29-2)9-10-19(15)31-23(17)27/h4-13H,3H2,1-2H3,(H,25,26). The molecule has 1 N–H and O–H groups in total. The van der Waals surface area contributed by atoms with Gasteiger partial charge in [0.05, 0.1) is 13.7 Å². The molecule has 7 nitrogen and oxygen atoms in total. The van der Waals surface area contributed by atoms with Gasteiger partial charge in [0.1, 0.15) is 27.5 Å². The molecular formula is C24H19NO6S. The van der Waals surface area contributed by atoms with Gasteiger partial charge >= 0.3 is 11.6 Å². The quantitative estimate of drug-likeness (QED) is 0.330. The number of fused-ring (bicyclic) bond motifs is 1. The van der Waals surface area contributed by atoms with E-state index in [4.69, 9.17) is 13.9 Å². The Morgan fingerprint density at radius 1 is 1.09 bits per heavy atom. The Labute approximate surface area is 187 Å². The lowest BCUT2D eigenvalue weighted by molar-refractivity contribution is 0.0529. The van der Waals surface area contributed by atoms with Crippen LogP contribution in [0.2, 0.25) is 0 Å². The summed E-state index contributed by atoms with van der Waals surface area (Å²) in [6.07, 6.45) is 0. The molecule has 0 aliphatic heterocycles. The minimum Gasteiger partial charge on any atom is -0.497 e. The lowest BCUT2D eigenvalue weighted by atomic mass is 10.0. The third-order valence-electron chi connectivity index (χ3n) is 4.77. The van der Waals surface area contributed by atoms with E-state index < -0.39 is 17.5 Å². The van der Waals surface area contributed by atoms with Crippen LogP contribution in [-0.2, 0) is 4.74 Å². The molecule has 0 aliphatic carbocycles. The number of hydrogen-bond acceptors (Lipinski definition) is 7. The lowest BCUT2D eigenvalue weighted by Gasteiger charge is -2.09. The van der Waals surface area contributed by atoms with E-state index in [0.29, 0.717) is 22.3 Å². The average molecular weight is 449 g/mol. The Kier molecular flexibility index (Phi) is 6.04. The van der Waals surface area contributed by atoms with E-state index in [2.05, 4.69) is 5.32 Å². The Hall–Kier alpha value is -3.91. The number of hydrogen-bond donors (Lipinski definition) is 1. The first kappa shape index (κ1) is 21.3.